The average Bonchev–Trinajstić information content (AvgIpc) is 2.79. The number of hydrogen-bond donors (Lipinski definition) is 0. The fourth-order valence-electron chi connectivity index (χ4n) is 3.81. The van der Waals surface area contributed by atoms with E-state index in [0.29, 0.717) is 5.41 Å². The Balaban J connectivity index is 2.06. The lowest BCUT2D eigenvalue weighted by Crippen LogP contribution is -2.09. The fourth-order valence-corrected chi connectivity index (χ4v) is 4.08. The Morgan fingerprint density at radius 3 is 2.41 bits per heavy atom. The highest BCUT2D eigenvalue weighted by Crippen LogP contribution is 2.44. The summed E-state index contributed by atoms with van der Waals surface area (Å²) >= 11 is 3.55. The smallest absolute Gasteiger partial charge is 0.0175 e. The highest BCUT2D eigenvalue weighted by molar-refractivity contribution is 9.10. The molecule has 1 aliphatic carbocycles. The Kier molecular flexibility index (Phi) is 3.16. The van der Waals surface area contributed by atoms with Crippen LogP contribution in [0.4, 0.5) is 0 Å². The molecule has 0 saturated heterocycles. The van der Waals surface area contributed by atoms with E-state index in [1.807, 2.05) is 0 Å². The second kappa shape index (κ2) is 4.96. The molecule has 110 valence electrons. The first-order valence-corrected chi connectivity index (χ1v) is 8.62. The predicted octanol–water partition coefficient (Wildman–Crippen LogP) is 6.39. The van der Waals surface area contributed by atoms with Crippen LogP contribution >= 0.6 is 15.9 Å². The van der Waals surface area contributed by atoms with Crippen LogP contribution in [0.3, 0.4) is 0 Å². The lowest BCUT2D eigenvalue weighted by molar-refractivity contribution is 0.393. The molecule has 0 aromatic heterocycles. The van der Waals surface area contributed by atoms with E-state index < -0.39 is 0 Å². The zero-order valence-corrected chi connectivity index (χ0v) is 14.6. The zero-order chi connectivity index (χ0) is 15.3. The number of fused-ring (bicyclic) bond motifs is 2. The standard InChI is InChI=1S/C21H19Br/c1-21(2)12-16-11-15-5-3-4-6-18(15)20(19(16)13-21)14-7-9-17(22)10-8-14/h3-11H,12-13H2,1-2H3. The van der Waals surface area contributed by atoms with E-state index in [-0.39, 0.29) is 0 Å². The van der Waals surface area contributed by atoms with E-state index in [0.717, 1.165) is 4.47 Å². The second-order valence-electron chi connectivity index (χ2n) is 7.14. The van der Waals surface area contributed by atoms with Crippen LogP contribution in [-0.2, 0) is 12.8 Å². The Morgan fingerprint density at radius 2 is 1.64 bits per heavy atom. The Morgan fingerprint density at radius 1 is 0.909 bits per heavy atom. The van der Waals surface area contributed by atoms with Crippen LogP contribution < -0.4 is 0 Å². The molecule has 0 nitrogen and oxygen atoms in total. The highest BCUT2D eigenvalue weighted by Gasteiger charge is 2.31. The Hall–Kier alpha value is -1.60. The molecule has 0 fully saturated rings. The average molecular weight is 351 g/mol. The van der Waals surface area contributed by atoms with Crippen LogP contribution in [0.2, 0.25) is 0 Å². The molecule has 0 heterocycles. The van der Waals surface area contributed by atoms with Crippen LogP contribution in [0.5, 0.6) is 0 Å². The fraction of sp³-hybridized carbons (Fsp3) is 0.238. The molecule has 3 aromatic rings. The van der Waals surface area contributed by atoms with E-state index in [4.69, 9.17) is 0 Å². The summed E-state index contributed by atoms with van der Waals surface area (Å²) in [6.45, 7) is 4.76. The van der Waals surface area contributed by atoms with Gasteiger partial charge in [-0.1, -0.05) is 72.2 Å². The summed E-state index contributed by atoms with van der Waals surface area (Å²) in [5, 5.41) is 2.73. The second-order valence-corrected chi connectivity index (χ2v) is 8.05. The first-order valence-electron chi connectivity index (χ1n) is 7.83. The third-order valence-electron chi connectivity index (χ3n) is 4.71. The lowest BCUT2D eigenvalue weighted by Gasteiger charge is -2.16. The largest absolute Gasteiger partial charge is 0.0616 e. The van der Waals surface area contributed by atoms with Crippen molar-refractivity contribution in [1.29, 1.82) is 0 Å². The molecule has 1 aliphatic rings. The Labute approximate surface area is 140 Å². The summed E-state index contributed by atoms with van der Waals surface area (Å²) < 4.78 is 1.13. The van der Waals surface area contributed by atoms with Gasteiger partial charge in [-0.05, 0) is 63.4 Å². The predicted molar refractivity (Wildman–Crippen MR) is 98.3 cm³/mol. The van der Waals surface area contributed by atoms with Crippen LogP contribution in [-0.4, -0.2) is 0 Å². The number of rotatable bonds is 1. The van der Waals surface area contributed by atoms with Crippen LogP contribution in [0.1, 0.15) is 25.0 Å². The summed E-state index contributed by atoms with van der Waals surface area (Å²) in [6, 6.07) is 19.9. The van der Waals surface area contributed by atoms with Gasteiger partial charge in [0, 0.05) is 4.47 Å². The minimum Gasteiger partial charge on any atom is -0.0616 e. The van der Waals surface area contributed by atoms with Crippen molar-refractivity contribution in [2.75, 3.05) is 0 Å². The lowest BCUT2D eigenvalue weighted by atomic mass is 9.88. The quantitative estimate of drug-likeness (QED) is 0.476. The van der Waals surface area contributed by atoms with E-state index in [9.17, 15) is 0 Å². The van der Waals surface area contributed by atoms with Gasteiger partial charge in [0.05, 0.1) is 0 Å². The van der Waals surface area contributed by atoms with Crippen molar-refractivity contribution < 1.29 is 0 Å². The molecule has 22 heavy (non-hydrogen) atoms. The zero-order valence-electron chi connectivity index (χ0n) is 13.0. The van der Waals surface area contributed by atoms with Gasteiger partial charge in [-0.2, -0.15) is 0 Å². The van der Waals surface area contributed by atoms with Crippen molar-refractivity contribution in [3.05, 3.63) is 70.2 Å². The van der Waals surface area contributed by atoms with Crippen LogP contribution in [0.15, 0.2) is 59.1 Å². The summed E-state index contributed by atoms with van der Waals surface area (Å²) in [6.07, 6.45) is 2.34. The minimum atomic E-state index is 0.365. The minimum absolute atomic E-state index is 0.365. The van der Waals surface area contributed by atoms with Gasteiger partial charge in [0.2, 0.25) is 0 Å². The van der Waals surface area contributed by atoms with Crippen molar-refractivity contribution in [2.45, 2.75) is 26.7 Å². The maximum Gasteiger partial charge on any atom is 0.0175 e. The molecule has 0 saturated carbocycles. The molecule has 0 bridgehead atoms. The van der Waals surface area contributed by atoms with Crippen LogP contribution in [0, 0.1) is 5.41 Å². The maximum absolute atomic E-state index is 3.55. The summed E-state index contributed by atoms with van der Waals surface area (Å²) in [5.41, 5.74) is 6.21. The van der Waals surface area contributed by atoms with Crippen molar-refractivity contribution in [3.8, 4) is 11.1 Å². The third-order valence-corrected chi connectivity index (χ3v) is 5.24. The Bertz CT molecular complexity index is 857. The summed E-state index contributed by atoms with van der Waals surface area (Å²) in [4.78, 5) is 0. The SMILES string of the molecule is CC1(C)Cc2cc3ccccc3c(-c3ccc(Br)cc3)c2C1. The van der Waals surface area contributed by atoms with E-state index in [2.05, 4.69) is 84.4 Å². The molecule has 3 aromatic carbocycles. The van der Waals surface area contributed by atoms with Gasteiger partial charge >= 0.3 is 0 Å². The number of halogens is 1. The first-order chi connectivity index (χ1) is 10.5. The molecule has 0 spiro atoms. The van der Waals surface area contributed by atoms with Gasteiger partial charge in [0.25, 0.3) is 0 Å². The summed E-state index contributed by atoms with van der Waals surface area (Å²) in [7, 11) is 0. The maximum atomic E-state index is 3.55. The normalized spacial score (nSPS) is 16.0. The molecule has 4 rings (SSSR count). The van der Waals surface area contributed by atoms with Gasteiger partial charge < -0.3 is 0 Å². The van der Waals surface area contributed by atoms with Crippen LogP contribution in [0.25, 0.3) is 21.9 Å². The van der Waals surface area contributed by atoms with Gasteiger partial charge in [0.15, 0.2) is 0 Å². The van der Waals surface area contributed by atoms with E-state index in [1.165, 1.54) is 40.3 Å². The molecule has 0 aliphatic heterocycles. The number of benzene rings is 3. The van der Waals surface area contributed by atoms with Gasteiger partial charge in [-0.3, -0.25) is 0 Å². The third kappa shape index (κ3) is 2.28. The monoisotopic (exact) mass is 350 g/mol. The molecule has 0 radical (unpaired) electrons. The topological polar surface area (TPSA) is 0 Å². The summed E-state index contributed by atoms with van der Waals surface area (Å²) in [5.74, 6) is 0. The molecule has 0 atom stereocenters. The van der Waals surface area contributed by atoms with Crippen molar-refractivity contribution >= 4 is 26.7 Å². The molecule has 1 heteroatoms. The highest BCUT2D eigenvalue weighted by atomic mass is 79.9. The van der Waals surface area contributed by atoms with Crippen molar-refractivity contribution in [3.63, 3.8) is 0 Å². The molecular formula is C21H19Br. The molecule has 0 amide bonds. The first kappa shape index (κ1) is 14.0. The van der Waals surface area contributed by atoms with Crippen molar-refractivity contribution in [2.24, 2.45) is 5.41 Å². The van der Waals surface area contributed by atoms with Gasteiger partial charge in [-0.15, -0.1) is 0 Å². The van der Waals surface area contributed by atoms with E-state index in [1.54, 1.807) is 5.56 Å². The molecule has 0 unspecified atom stereocenters. The van der Waals surface area contributed by atoms with E-state index >= 15 is 0 Å². The molecule has 0 N–H and O–H groups in total. The molecular weight excluding hydrogens is 332 g/mol. The van der Waals surface area contributed by atoms with Gasteiger partial charge in [0.1, 0.15) is 0 Å². The number of hydrogen-bond acceptors (Lipinski definition) is 0. The van der Waals surface area contributed by atoms with Gasteiger partial charge in [-0.25, -0.2) is 0 Å². The van der Waals surface area contributed by atoms with Crippen molar-refractivity contribution in [1.82, 2.24) is 0 Å².